The predicted molar refractivity (Wildman–Crippen MR) is 86.6 cm³/mol. The normalized spacial score (nSPS) is 11.6. The van der Waals surface area contributed by atoms with Crippen molar-refractivity contribution < 1.29 is 33.0 Å². The number of methoxy groups -OCH3 is 2. The van der Waals surface area contributed by atoms with Crippen LogP contribution in [-0.2, 0) is 19.1 Å². The summed E-state index contributed by atoms with van der Waals surface area (Å²) in [6.45, 7) is 3.18. The van der Waals surface area contributed by atoms with E-state index in [4.69, 9.17) is 9.47 Å². The molecular weight excluding hydrogens is 333 g/mol. The molecule has 0 spiro atoms. The van der Waals surface area contributed by atoms with Gasteiger partial charge in [0.1, 0.15) is 6.04 Å². The van der Waals surface area contributed by atoms with Gasteiger partial charge in [-0.3, -0.25) is 4.79 Å². The van der Waals surface area contributed by atoms with Crippen molar-refractivity contribution in [1.29, 1.82) is 0 Å². The first kappa shape index (κ1) is 20.4. The highest BCUT2D eigenvalue weighted by molar-refractivity contribution is 5.92. The highest BCUT2D eigenvalue weighted by atomic mass is 19.1. The number of hydrogen-bond donors (Lipinski definition) is 1. The first-order valence-electron chi connectivity index (χ1n) is 7.66. The lowest BCUT2D eigenvalue weighted by Crippen LogP contribution is -2.44. The summed E-state index contributed by atoms with van der Waals surface area (Å²) in [5.74, 6) is -2.68. The SMILES string of the molecule is COC(=O)[C@H](CC(C)C)NC(=O)COC(=O)c1ccc(OC)c(F)c1. The lowest BCUT2D eigenvalue weighted by atomic mass is 10.0. The molecule has 1 aromatic rings. The molecule has 25 heavy (non-hydrogen) atoms. The topological polar surface area (TPSA) is 90.9 Å². The average Bonchev–Trinajstić information content (AvgIpc) is 2.57. The fourth-order valence-corrected chi connectivity index (χ4v) is 2.07. The van der Waals surface area contributed by atoms with Crippen molar-refractivity contribution in [3.8, 4) is 5.75 Å². The van der Waals surface area contributed by atoms with Gasteiger partial charge in [-0.15, -0.1) is 0 Å². The van der Waals surface area contributed by atoms with Gasteiger partial charge in [0.05, 0.1) is 19.8 Å². The molecule has 0 saturated carbocycles. The molecule has 0 heterocycles. The first-order chi connectivity index (χ1) is 11.8. The minimum absolute atomic E-state index is 0.0103. The van der Waals surface area contributed by atoms with Crippen LogP contribution in [0.4, 0.5) is 4.39 Å². The highest BCUT2D eigenvalue weighted by Gasteiger charge is 2.23. The second kappa shape index (κ2) is 9.61. The Morgan fingerprint density at radius 2 is 1.88 bits per heavy atom. The molecule has 0 bridgehead atoms. The zero-order chi connectivity index (χ0) is 19.0. The van der Waals surface area contributed by atoms with Crippen LogP contribution in [-0.4, -0.2) is 44.7 Å². The van der Waals surface area contributed by atoms with Gasteiger partial charge >= 0.3 is 11.9 Å². The van der Waals surface area contributed by atoms with Gasteiger partial charge in [0.15, 0.2) is 18.2 Å². The molecule has 0 radical (unpaired) electrons. The standard InChI is InChI=1S/C17H22FNO6/c1-10(2)7-13(17(22)24-4)19-15(20)9-25-16(21)11-5-6-14(23-3)12(18)8-11/h5-6,8,10,13H,7,9H2,1-4H3,(H,19,20)/t13-/m0/s1. The monoisotopic (exact) mass is 355 g/mol. The van der Waals surface area contributed by atoms with Crippen LogP contribution in [0.5, 0.6) is 5.75 Å². The third-order valence-electron chi connectivity index (χ3n) is 3.25. The van der Waals surface area contributed by atoms with E-state index in [2.05, 4.69) is 10.1 Å². The molecule has 0 fully saturated rings. The number of ether oxygens (including phenoxy) is 3. The minimum atomic E-state index is -0.866. The Labute approximate surface area is 145 Å². The Morgan fingerprint density at radius 1 is 1.20 bits per heavy atom. The fraction of sp³-hybridized carbons (Fsp3) is 0.471. The van der Waals surface area contributed by atoms with Crippen LogP contribution < -0.4 is 10.1 Å². The quantitative estimate of drug-likeness (QED) is 0.714. The summed E-state index contributed by atoms with van der Waals surface area (Å²) in [5, 5.41) is 2.45. The summed E-state index contributed by atoms with van der Waals surface area (Å²) >= 11 is 0. The van der Waals surface area contributed by atoms with Crippen molar-refractivity contribution in [3.63, 3.8) is 0 Å². The van der Waals surface area contributed by atoms with Crippen molar-refractivity contribution in [2.24, 2.45) is 5.92 Å². The molecule has 8 heteroatoms. The van der Waals surface area contributed by atoms with Crippen LogP contribution in [0.15, 0.2) is 18.2 Å². The number of carbonyl (C=O) groups is 3. The number of rotatable bonds is 8. The Balaban J connectivity index is 2.61. The first-order valence-corrected chi connectivity index (χ1v) is 7.66. The van der Waals surface area contributed by atoms with Crippen molar-refractivity contribution in [2.75, 3.05) is 20.8 Å². The maximum atomic E-state index is 13.6. The summed E-state index contributed by atoms with van der Waals surface area (Å²) in [4.78, 5) is 35.4. The van der Waals surface area contributed by atoms with E-state index in [0.717, 1.165) is 6.07 Å². The second-order valence-corrected chi connectivity index (χ2v) is 5.70. The maximum Gasteiger partial charge on any atom is 0.338 e. The minimum Gasteiger partial charge on any atom is -0.494 e. The lowest BCUT2D eigenvalue weighted by Gasteiger charge is -2.18. The fourth-order valence-electron chi connectivity index (χ4n) is 2.07. The largest absolute Gasteiger partial charge is 0.494 e. The molecule has 1 rings (SSSR count). The van der Waals surface area contributed by atoms with Crippen molar-refractivity contribution in [1.82, 2.24) is 5.32 Å². The Kier molecular flexibility index (Phi) is 7.84. The lowest BCUT2D eigenvalue weighted by molar-refractivity contribution is -0.145. The van der Waals surface area contributed by atoms with E-state index in [0.29, 0.717) is 6.42 Å². The molecule has 0 aromatic heterocycles. The average molecular weight is 355 g/mol. The van der Waals surface area contributed by atoms with Gasteiger partial charge in [-0.25, -0.2) is 14.0 Å². The highest BCUT2D eigenvalue weighted by Crippen LogP contribution is 2.18. The number of hydrogen-bond acceptors (Lipinski definition) is 6. The molecule has 1 atom stereocenters. The van der Waals surface area contributed by atoms with Gasteiger partial charge in [-0.05, 0) is 30.5 Å². The van der Waals surface area contributed by atoms with Crippen LogP contribution in [0.1, 0.15) is 30.6 Å². The van der Waals surface area contributed by atoms with Crippen LogP contribution >= 0.6 is 0 Å². The number of nitrogens with one attached hydrogen (secondary N) is 1. The predicted octanol–water partition coefficient (Wildman–Crippen LogP) is 1.69. The summed E-state index contributed by atoms with van der Waals surface area (Å²) in [5.41, 5.74) is -0.0576. The van der Waals surface area contributed by atoms with E-state index in [9.17, 15) is 18.8 Å². The molecule has 0 aliphatic heterocycles. The van der Waals surface area contributed by atoms with Crippen molar-refractivity contribution in [2.45, 2.75) is 26.3 Å². The summed E-state index contributed by atoms with van der Waals surface area (Å²) < 4.78 is 27.8. The Bertz CT molecular complexity index is 632. The van der Waals surface area contributed by atoms with Crippen molar-refractivity contribution in [3.05, 3.63) is 29.6 Å². The summed E-state index contributed by atoms with van der Waals surface area (Å²) in [6.07, 6.45) is 0.385. The van der Waals surface area contributed by atoms with Gasteiger partial charge < -0.3 is 19.5 Å². The second-order valence-electron chi connectivity index (χ2n) is 5.70. The molecule has 1 aromatic carbocycles. The van der Waals surface area contributed by atoms with Crippen LogP contribution in [0.25, 0.3) is 0 Å². The molecule has 7 nitrogen and oxygen atoms in total. The number of amides is 1. The van der Waals surface area contributed by atoms with Gasteiger partial charge in [-0.1, -0.05) is 13.8 Å². The number of halogens is 1. The third kappa shape index (κ3) is 6.40. The summed E-state index contributed by atoms with van der Waals surface area (Å²) in [7, 11) is 2.52. The van der Waals surface area contributed by atoms with E-state index < -0.39 is 36.3 Å². The Hall–Kier alpha value is -2.64. The van der Waals surface area contributed by atoms with E-state index in [1.165, 1.54) is 26.4 Å². The molecule has 0 aliphatic rings. The van der Waals surface area contributed by atoms with E-state index in [1.54, 1.807) is 0 Å². The van der Waals surface area contributed by atoms with E-state index in [1.807, 2.05) is 13.8 Å². The molecule has 1 N–H and O–H groups in total. The number of carbonyl (C=O) groups excluding carboxylic acids is 3. The van der Waals surface area contributed by atoms with Gasteiger partial charge in [-0.2, -0.15) is 0 Å². The van der Waals surface area contributed by atoms with Crippen molar-refractivity contribution >= 4 is 17.8 Å². The van der Waals surface area contributed by atoms with Crippen LogP contribution in [0, 0.1) is 11.7 Å². The zero-order valence-corrected chi connectivity index (χ0v) is 14.6. The van der Waals surface area contributed by atoms with Gasteiger partial charge in [0, 0.05) is 0 Å². The van der Waals surface area contributed by atoms with Gasteiger partial charge in [0.2, 0.25) is 0 Å². The van der Waals surface area contributed by atoms with Gasteiger partial charge in [0.25, 0.3) is 5.91 Å². The zero-order valence-electron chi connectivity index (χ0n) is 14.6. The molecule has 0 aliphatic carbocycles. The molecular formula is C17H22FNO6. The molecule has 138 valence electrons. The smallest absolute Gasteiger partial charge is 0.338 e. The molecule has 1 amide bonds. The van der Waals surface area contributed by atoms with Crippen LogP contribution in [0.3, 0.4) is 0 Å². The van der Waals surface area contributed by atoms with E-state index >= 15 is 0 Å². The molecule has 0 unspecified atom stereocenters. The number of esters is 2. The van der Waals surface area contributed by atoms with E-state index in [-0.39, 0.29) is 17.2 Å². The van der Waals surface area contributed by atoms with Crippen LogP contribution in [0.2, 0.25) is 0 Å². The third-order valence-corrected chi connectivity index (χ3v) is 3.25. The number of benzene rings is 1. The Morgan fingerprint density at radius 3 is 2.40 bits per heavy atom. The maximum absolute atomic E-state index is 13.6. The molecule has 0 saturated heterocycles. The summed E-state index contributed by atoms with van der Waals surface area (Å²) in [6, 6.07) is 2.73.